The highest BCUT2D eigenvalue weighted by molar-refractivity contribution is 6.06. The fourth-order valence-electron chi connectivity index (χ4n) is 3.13. The van der Waals surface area contributed by atoms with E-state index in [1.54, 1.807) is 0 Å². The Labute approximate surface area is 112 Å². The molecule has 0 aliphatic heterocycles. The summed E-state index contributed by atoms with van der Waals surface area (Å²) < 4.78 is 0. The number of rotatable bonds is 3. The maximum Gasteiger partial charge on any atom is 0.0495 e. The first-order valence-corrected chi connectivity index (χ1v) is 6.83. The highest BCUT2D eigenvalue weighted by Gasteiger charge is 2.43. The van der Waals surface area contributed by atoms with Crippen LogP contribution in [0.15, 0.2) is 36.7 Å². The van der Waals surface area contributed by atoms with Gasteiger partial charge in [-0.05, 0) is 37.6 Å². The number of likely N-dealkylation sites (N-methyl/N-ethyl adjacent to an activating group) is 1. The van der Waals surface area contributed by atoms with E-state index in [4.69, 9.17) is 0 Å². The molecule has 0 unspecified atom stereocenters. The van der Waals surface area contributed by atoms with Crippen LogP contribution >= 0.6 is 0 Å². The van der Waals surface area contributed by atoms with Gasteiger partial charge in [-0.25, -0.2) is 0 Å². The number of hydrogen-bond donors (Lipinski definition) is 2. The van der Waals surface area contributed by atoms with E-state index in [1.165, 1.54) is 40.2 Å². The molecule has 0 atom stereocenters. The average molecular weight is 251 g/mol. The molecule has 3 nitrogen and oxygen atoms in total. The summed E-state index contributed by atoms with van der Waals surface area (Å²) in [5.41, 5.74) is 4.22. The highest BCUT2D eigenvalue weighted by atomic mass is 14.8. The van der Waals surface area contributed by atoms with Gasteiger partial charge in [0.2, 0.25) is 0 Å². The Hall–Kier alpha value is -1.87. The predicted molar refractivity (Wildman–Crippen MR) is 78.4 cm³/mol. The number of pyridine rings is 1. The summed E-state index contributed by atoms with van der Waals surface area (Å²) in [6.07, 6.45) is 6.36. The van der Waals surface area contributed by atoms with Gasteiger partial charge in [0.25, 0.3) is 0 Å². The largest absolute Gasteiger partial charge is 0.354 e. The Morgan fingerprint density at radius 2 is 2.11 bits per heavy atom. The van der Waals surface area contributed by atoms with Crippen molar-refractivity contribution in [2.75, 3.05) is 13.6 Å². The molecular formula is C16H17N3. The second kappa shape index (κ2) is 3.81. The lowest BCUT2D eigenvalue weighted by Gasteiger charge is -2.15. The number of aromatic amines is 1. The van der Waals surface area contributed by atoms with Crippen molar-refractivity contribution in [1.29, 1.82) is 0 Å². The van der Waals surface area contributed by atoms with Gasteiger partial charge < -0.3 is 10.3 Å². The topological polar surface area (TPSA) is 40.7 Å². The number of H-pyrrole nitrogens is 1. The number of benzene rings is 1. The summed E-state index contributed by atoms with van der Waals surface area (Å²) in [4.78, 5) is 7.72. The zero-order chi connectivity index (χ0) is 12.9. The van der Waals surface area contributed by atoms with Gasteiger partial charge in [0.15, 0.2) is 0 Å². The van der Waals surface area contributed by atoms with Crippen LogP contribution in [0.4, 0.5) is 0 Å². The molecule has 4 rings (SSSR count). The third-order valence-electron chi connectivity index (χ3n) is 4.38. The Morgan fingerprint density at radius 1 is 1.21 bits per heavy atom. The third kappa shape index (κ3) is 1.58. The summed E-state index contributed by atoms with van der Waals surface area (Å²) in [7, 11) is 2.03. The summed E-state index contributed by atoms with van der Waals surface area (Å²) in [6.45, 7) is 1.07. The molecule has 1 fully saturated rings. The van der Waals surface area contributed by atoms with Gasteiger partial charge in [0, 0.05) is 46.2 Å². The maximum absolute atomic E-state index is 4.22. The van der Waals surface area contributed by atoms with Crippen molar-refractivity contribution in [1.82, 2.24) is 15.3 Å². The molecule has 0 bridgehead atoms. The first kappa shape index (κ1) is 11.0. The number of fused-ring (bicyclic) bond motifs is 3. The summed E-state index contributed by atoms with van der Waals surface area (Å²) in [5, 5.41) is 5.80. The Balaban J connectivity index is 1.90. The van der Waals surface area contributed by atoms with Gasteiger partial charge in [-0.3, -0.25) is 4.98 Å². The van der Waals surface area contributed by atoms with Gasteiger partial charge in [-0.15, -0.1) is 0 Å². The van der Waals surface area contributed by atoms with Gasteiger partial charge in [0.05, 0.1) is 0 Å². The lowest BCUT2D eigenvalue weighted by molar-refractivity contribution is 0.625. The quantitative estimate of drug-likeness (QED) is 0.751. The molecule has 3 heteroatoms. The van der Waals surface area contributed by atoms with E-state index in [2.05, 4.69) is 33.5 Å². The molecule has 2 aromatic heterocycles. The van der Waals surface area contributed by atoms with E-state index < -0.39 is 0 Å². The van der Waals surface area contributed by atoms with Gasteiger partial charge in [-0.2, -0.15) is 0 Å². The highest BCUT2D eigenvalue weighted by Crippen LogP contribution is 2.48. The van der Waals surface area contributed by atoms with Gasteiger partial charge in [0.1, 0.15) is 0 Å². The standard InChI is InChI=1S/C16H17N3/c1-17-10-16(5-6-16)11-2-3-12-13-9-18-7-4-14(13)19-15(12)8-11/h2-4,7-9,17,19H,5-6,10H2,1H3. The molecule has 2 heterocycles. The first-order valence-electron chi connectivity index (χ1n) is 6.83. The smallest absolute Gasteiger partial charge is 0.0495 e. The van der Waals surface area contributed by atoms with Crippen LogP contribution in [-0.2, 0) is 5.41 Å². The summed E-state index contributed by atoms with van der Waals surface area (Å²) >= 11 is 0. The zero-order valence-electron chi connectivity index (χ0n) is 11.0. The van der Waals surface area contributed by atoms with Crippen LogP contribution in [0.5, 0.6) is 0 Å². The molecule has 0 spiro atoms. The van der Waals surface area contributed by atoms with Crippen LogP contribution in [0.1, 0.15) is 18.4 Å². The van der Waals surface area contributed by atoms with Crippen molar-refractivity contribution in [3.8, 4) is 0 Å². The van der Waals surface area contributed by atoms with Crippen LogP contribution in [-0.4, -0.2) is 23.6 Å². The number of nitrogens with one attached hydrogen (secondary N) is 2. The molecule has 1 aliphatic rings. The minimum atomic E-state index is 0.373. The lowest BCUT2D eigenvalue weighted by Crippen LogP contribution is -2.23. The zero-order valence-corrected chi connectivity index (χ0v) is 11.0. The molecule has 0 amide bonds. The number of aromatic nitrogens is 2. The lowest BCUT2D eigenvalue weighted by atomic mass is 9.95. The molecule has 1 saturated carbocycles. The second-order valence-electron chi connectivity index (χ2n) is 5.62. The van der Waals surface area contributed by atoms with E-state index in [1.807, 2.05) is 25.5 Å². The van der Waals surface area contributed by atoms with Crippen molar-refractivity contribution in [2.24, 2.45) is 0 Å². The Morgan fingerprint density at radius 3 is 2.89 bits per heavy atom. The van der Waals surface area contributed by atoms with E-state index in [0.717, 1.165) is 6.54 Å². The van der Waals surface area contributed by atoms with E-state index in [9.17, 15) is 0 Å². The normalized spacial score (nSPS) is 17.1. The molecule has 19 heavy (non-hydrogen) atoms. The minimum absolute atomic E-state index is 0.373. The molecule has 2 N–H and O–H groups in total. The maximum atomic E-state index is 4.22. The van der Waals surface area contributed by atoms with Crippen molar-refractivity contribution >= 4 is 21.8 Å². The number of nitrogens with zero attached hydrogens (tertiary/aromatic N) is 1. The molecule has 3 aromatic rings. The fraction of sp³-hybridized carbons (Fsp3) is 0.312. The molecular weight excluding hydrogens is 234 g/mol. The van der Waals surface area contributed by atoms with E-state index in [-0.39, 0.29) is 0 Å². The van der Waals surface area contributed by atoms with Gasteiger partial charge >= 0.3 is 0 Å². The SMILES string of the molecule is CNCC1(c2ccc3c(c2)[nH]c2ccncc23)CC1. The minimum Gasteiger partial charge on any atom is -0.354 e. The second-order valence-corrected chi connectivity index (χ2v) is 5.62. The van der Waals surface area contributed by atoms with Crippen LogP contribution in [0.25, 0.3) is 21.8 Å². The molecule has 0 saturated heterocycles. The first-order chi connectivity index (χ1) is 9.32. The van der Waals surface area contributed by atoms with Crippen molar-refractivity contribution < 1.29 is 0 Å². The average Bonchev–Trinajstić information content (AvgIpc) is 3.13. The Bertz CT molecular complexity index is 753. The Kier molecular flexibility index (Phi) is 2.21. The summed E-state index contributed by atoms with van der Waals surface area (Å²) in [6, 6.07) is 8.88. The molecule has 1 aliphatic carbocycles. The van der Waals surface area contributed by atoms with E-state index in [0.29, 0.717) is 5.41 Å². The van der Waals surface area contributed by atoms with Crippen molar-refractivity contribution in [3.05, 3.63) is 42.2 Å². The van der Waals surface area contributed by atoms with Crippen LogP contribution in [0.3, 0.4) is 0 Å². The third-order valence-corrected chi connectivity index (χ3v) is 4.38. The fourth-order valence-corrected chi connectivity index (χ4v) is 3.13. The van der Waals surface area contributed by atoms with Crippen LogP contribution < -0.4 is 5.32 Å². The van der Waals surface area contributed by atoms with Crippen molar-refractivity contribution in [3.63, 3.8) is 0 Å². The van der Waals surface area contributed by atoms with Crippen molar-refractivity contribution in [2.45, 2.75) is 18.3 Å². The monoisotopic (exact) mass is 251 g/mol. The number of hydrogen-bond acceptors (Lipinski definition) is 2. The predicted octanol–water partition coefficient (Wildman–Crippen LogP) is 2.97. The molecule has 0 radical (unpaired) electrons. The van der Waals surface area contributed by atoms with Crippen LogP contribution in [0.2, 0.25) is 0 Å². The summed E-state index contributed by atoms with van der Waals surface area (Å²) in [5.74, 6) is 0. The van der Waals surface area contributed by atoms with E-state index >= 15 is 0 Å². The van der Waals surface area contributed by atoms with Crippen LogP contribution in [0, 0.1) is 0 Å². The molecule has 96 valence electrons. The molecule has 1 aromatic carbocycles. The van der Waals surface area contributed by atoms with Gasteiger partial charge in [-0.1, -0.05) is 12.1 Å².